The van der Waals surface area contributed by atoms with Gasteiger partial charge in [-0.15, -0.1) is 5.10 Å². The summed E-state index contributed by atoms with van der Waals surface area (Å²) in [4.78, 5) is 15.4. The summed E-state index contributed by atoms with van der Waals surface area (Å²) in [5, 5.41) is 15.7. The van der Waals surface area contributed by atoms with E-state index in [1.54, 1.807) is 24.3 Å². The van der Waals surface area contributed by atoms with Crippen molar-refractivity contribution < 1.29 is 4.79 Å². The van der Waals surface area contributed by atoms with Crippen LogP contribution in [0.15, 0.2) is 30.6 Å². The van der Waals surface area contributed by atoms with Gasteiger partial charge in [-0.3, -0.25) is 9.48 Å². The highest BCUT2D eigenvalue weighted by atomic mass is 35.5. The molecule has 1 N–H and O–H groups in total. The fourth-order valence-corrected chi connectivity index (χ4v) is 1.65. The lowest BCUT2D eigenvalue weighted by Gasteiger charge is -2.05. The molecule has 0 radical (unpaired) electrons. The van der Waals surface area contributed by atoms with Crippen molar-refractivity contribution in [3.8, 4) is 6.07 Å². The topological polar surface area (TPSA) is 83.6 Å². The first-order chi connectivity index (χ1) is 9.17. The number of nitrogens with one attached hydrogen (secondary N) is 1. The molecule has 0 aliphatic rings. The van der Waals surface area contributed by atoms with E-state index >= 15 is 0 Å². The summed E-state index contributed by atoms with van der Waals surface area (Å²) in [7, 11) is 0. The van der Waals surface area contributed by atoms with Crippen LogP contribution in [0.4, 0.5) is 5.69 Å². The van der Waals surface area contributed by atoms with Crippen molar-refractivity contribution in [2.45, 2.75) is 13.0 Å². The standard InChI is InChI=1S/C12H10ClN5O/c13-9-2-1-3-10(6-9)16-12(19)4-5-18-8-15-11(7-14)17-18/h1-3,6,8H,4-5H2,(H,16,19). The molecule has 1 aromatic carbocycles. The molecule has 2 aromatic rings. The van der Waals surface area contributed by atoms with Crippen LogP contribution in [-0.2, 0) is 11.3 Å². The number of nitriles is 1. The number of nitrogens with zero attached hydrogens (tertiary/aromatic N) is 4. The average Bonchev–Trinajstić information content (AvgIpc) is 2.84. The molecule has 1 aromatic heterocycles. The van der Waals surface area contributed by atoms with Gasteiger partial charge in [0, 0.05) is 17.1 Å². The van der Waals surface area contributed by atoms with Crippen LogP contribution < -0.4 is 5.32 Å². The molecule has 6 nitrogen and oxygen atoms in total. The molecule has 2 rings (SSSR count). The Bertz CT molecular complexity index is 631. The van der Waals surface area contributed by atoms with E-state index in [-0.39, 0.29) is 18.2 Å². The van der Waals surface area contributed by atoms with Crippen LogP contribution in [0.5, 0.6) is 0 Å². The van der Waals surface area contributed by atoms with Crippen molar-refractivity contribution in [1.82, 2.24) is 14.8 Å². The number of benzene rings is 1. The first-order valence-electron chi connectivity index (χ1n) is 5.52. The van der Waals surface area contributed by atoms with Crippen LogP contribution in [0.2, 0.25) is 5.02 Å². The molecule has 0 aliphatic carbocycles. The smallest absolute Gasteiger partial charge is 0.252 e. The molecule has 0 unspecified atom stereocenters. The molecule has 1 amide bonds. The Morgan fingerprint density at radius 1 is 1.53 bits per heavy atom. The first-order valence-corrected chi connectivity index (χ1v) is 5.90. The van der Waals surface area contributed by atoms with Crippen molar-refractivity contribution in [2.75, 3.05) is 5.32 Å². The summed E-state index contributed by atoms with van der Waals surface area (Å²) in [6.07, 6.45) is 1.66. The quantitative estimate of drug-likeness (QED) is 0.923. The van der Waals surface area contributed by atoms with Gasteiger partial charge in [0.2, 0.25) is 5.91 Å². The maximum Gasteiger partial charge on any atom is 0.252 e. The van der Waals surface area contributed by atoms with E-state index in [0.717, 1.165) is 0 Å². The predicted molar refractivity (Wildman–Crippen MR) is 69.4 cm³/mol. The lowest BCUT2D eigenvalue weighted by molar-refractivity contribution is -0.116. The summed E-state index contributed by atoms with van der Waals surface area (Å²) in [6, 6.07) is 8.74. The molecule has 7 heteroatoms. The summed E-state index contributed by atoms with van der Waals surface area (Å²) in [5.41, 5.74) is 0.647. The Labute approximate surface area is 114 Å². The molecule has 0 atom stereocenters. The minimum absolute atomic E-state index is 0.0928. The number of anilines is 1. The molecule has 0 saturated carbocycles. The molecule has 0 saturated heterocycles. The molecular weight excluding hydrogens is 266 g/mol. The fourth-order valence-electron chi connectivity index (χ4n) is 1.46. The third kappa shape index (κ3) is 3.79. The molecule has 96 valence electrons. The summed E-state index contributed by atoms with van der Waals surface area (Å²) < 4.78 is 1.45. The number of hydrogen-bond donors (Lipinski definition) is 1. The van der Waals surface area contributed by atoms with Crippen LogP contribution in [0.1, 0.15) is 12.2 Å². The Morgan fingerprint density at radius 2 is 2.37 bits per heavy atom. The fraction of sp³-hybridized carbons (Fsp3) is 0.167. The Morgan fingerprint density at radius 3 is 3.05 bits per heavy atom. The summed E-state index contributed by atoms with van der Waals surface area (Å²) in [6.45, 7) is 0.362. The predicted octanol–water partition coefficient (Wildman–Crippen LogP) is 1.83. The number of halogens is 1. The zero-order chi connectivity index (χ0) is 13.7. The molecule has 0 aliphatic heterocycles. The number of hydrogen-bond acceptors (Lipinski definition) is 4. The second kappa shape index (κ2) is 5.98. The van der Waals surface area contributed by atoms with Gasteiger partial charge >= 0.3 is 0 Å². The highest BCUT2D eigenvalue weighted by Crippen LogP contribution is 2.14. The number of carbonyl (C=O) groups excluding carboxylic acids is 1. The van der Waals surface area contributed by atoms with Gasteiger partial charge in [-0.25, -0.2) is 4.98 Å². The number of rotatable bonds is 4. The van der Waals surface area contributed by atoms with Gasteiger partial charge < -0.3 is 5.32 Å². The summed E-state index contributed by atoms with van der Waals surface area (Å²) in [5.74, 6) is -0.0634. The minimum Gasteiger partial charge on any atom is -0.326 e. The maximum absolute atomic E-state index is 11.7. The SMILES string of the molecule is N#Cc1ncn(CCC(=O)Nc2cccc(Cl)c2)n1. The van der Waals surface area contributed by atoms with Crippen molar-refractivity contribution in [3.63, 3.8) is 0 Å². The van der Waals surface area contributed by atoms with Gasteiger partial charge in [0.25, 0.3) is 5.82 Å². The van der Waals surface area contributed by atoms with Gasteiger partial charge in [-0.05, 0) is 18.2 Å². The van der Waals surface area contributed by atoms with Gasteiger partial charge in [-0.2, -0.15) is 5.26 Å². The van der Waals surface area contributed by atoms with E-state index in [1.807, 2.05) is 6.07 Å². The van der Waals surface area contributed by atoms with E-state index in [0.29, 0.717) is 17.3 Å². The molecule has 0 fully saturated rings. The van der Waals surface area contributed by atoms with Crippen molar-refractivity contribution in [1.29, 1.82) is 5.26 Å². The van der Waals surface area contributed by atoms with Gasteiger partial charge in [0.1, 0.15) is 12.4 Å². The molecule has 19 heavy (non-hydrogen) atoms. The summed E-state index contributed by atoms with van der Waals surface area (Å²) >= 11 is 5.82. The van der Waals surface area contributed by atoms with Crippen LogP contribution in [0.25, 0.3) is 0 Å². The monoisotopic (exact) mass is 275 g/mol. The second-order valence-corrected chi connectivity index (χ2v) is 4.19. The number of amides is 1. The average molecular weight is 276 g/mol. The molecule has 1 heterocycles. The number of aromatic nitrogens is 3. The first kappa shape index (κ1) is 13.1. The van der Waals surface area contributed by atoms with Crippen LogP contribution in [-0.4, -0.2) is 20.7 Å². The molecular formula is C12H10ClN5O. The minimum atomic E-state index is -0.156. The van der Waals surface area contributed by atoms with Crippen molar-refractivity contribution in [3.05, 3.63) is 41.4 Å². The normalized spacial score (nSPS) is 9.89. The third-order valence-corrected chi connectivity index (χ3v) is 2.55. The lowest BCUT2D eigenvalue weighted by atomic mass is 10.3. The molecule has 0 spiro atoms. The van der Waals surface area contributed by atoms with E-state index in [2.05, 4.69) is 15.4 Å². The van der Waals surface area contributed by atoms with E-state index in [1.165, 1.54) is 11.0 Å². The Kier molecular flexibility index (Phi) is 4.11. The van der Waals surface area contributed by atoms with E-state index in [4.69, 9.17) is 16.9 Å². The second-order valence-electron chi connectivity index (χ2n) is 3.75. The van der Waals surface area contributed by atoms with Crippen LogP contribution >= 0.6 is 11.6 Å². The largest absolute Gasteiger partial charge is 0.326 e. The van der Waals surface area contributed by atoms with Crippen LogP contribution in [0, 0.1) is 11.3 Å². The highest BCUT2D eigenvalue weighted by Gasteiger charge is 2.05. The van der Waals surface area contributed by atoms with Crippen molar-refractivity contribution >= 4 is 23.2 Å². The number of aryl methyl sites for hydroxylation is 1. The van der Waals surface area contributed by atoms with Crippen LogP contribution in [0.3, 0.4) is 0 Å². The van der Waals surface area contributed by atoms with E-state index in [9.17, 15) is 4.79 Å². The third-order valence-electron chi connectivity index (χ3n) is 2.31. The van der Waals surface area contributed by atoms with Gasteiger partial charge in [-0.1, -0.05) is 17.7 Å². The Balaban J connectivity index is 1.86. The zero-order valence-electron chi connectivity index (χ0n) is 9.88. The zero-order valence-corrected chi connectivity index (χ0v) is 10.6. The maximum atomic E-state index is 11.7. The van der Waals surface area contributed by atoms with Gasteiger partial charge in [0.05, 0.1) is 6.54 Å². The lowest BCUT2D eigenvalue weighted by Crippen LogP contribution is -2.14. The van der Waals surface area contributed by atoms with Crippen molar-refractivity contribution in [2.24, 2.45) is 0 Å². The van der Waals surface area contributed by atoms with Gasteiger partial charge in [0.15, 0.2) is 0 Å². The molecule has 0 bridgehead atoms. The van der Waals surface area contributed by atoms with E-state index < -0.39 is 0 Å². The Hall–Kier alpha value is -2.39. The highest BCUT2D eigenvalue weighted by molar-refractivity contribution is 6.30. The number of carbonyl (C=O) groups is 1.